The lowest BCUT2D eigenvalue weighted by molar-refractivity contribution is -0.0857. The lowest BCUT2D eigenvalue weighted by Gasteiger charge is -2.41. The molecule has 2 aromatic rings. The number of hydrogen-bond acceptors (Lipinski definition) is 7. The van der Waals surface area contributed by atoms with E-state index in [-0.39, 0.29) is 36.4 Å². The summed E-state index contributed by atoms with van der Waals surface area (Å²) in [5.74, 6) is 0.224. The second kappa shape index (κ2) is 9.19. The van der Waals surface area contributed by atoms with Gasteiger partial charge in [0.25, 0.3) is 11.9 Å². The molecule has 4 heterocycles. The third-order valence-corrected chi connectivity index (χ3v) is 6.17. The number of hydrogen-bond donors (Lipinski definition) is 0. The topological polar surface area (TPSA) is 92.4 Å². The van der Waals surface area contributed by atoms with Crippen molar-refractivity contribution in [2.75, 3.05) is 13.1 Å². The third kappa shape index (κ3) is 4.93. The van der Waals surface area contributed by atoms with Gasteiger partial charge in [-0.15, -0.1) is 0 Å². The van der Waals surface area contributed by atoms with E-state index in [1.807, 2.05) is 0 Å². The van der Waals surface area contributed by atoms with E-state index >= 15 is 4.39 Å². The highest BCUT2D eigenvalue weighted by Gasteiger charge is 2.44. The quantitative estimate of drug-likeness (QED) is 0.599. The van der Waals surface area contributed by atoms with Crippen LogP contribution in [0.4, 0.5) is 17.6 Å². The Kier molecular flexibility index (Phi) is 6.07. The summed E-state index contributed by atoms with van der Waals surface area (Å²) in [6.07, 6.45) is 5.03. The van der Waals surface area contributed by atoms with Gasteiger partial charge in [-0.2, -0.15) is 23.0 Å². The molecule has 0 spiro atoms. The Labute approximate surface area is 197 Å². The maximum atomic E-state index is 15.4. The molecule has 9 nitrogen and oxygen atoms in total. The molecule has 184 valence electrons. The van der Waals surface area contributed by atoms with Gasteiger partial charge in [-0.3, -0.25) is 4.79 Å². The van der Waals surface area contributed by atoms with Crippen LogP contribution in [0.1, 0.15) is 36.0 Å². The second-order valence-electron chi connectivity index (χ2n) is 8.59. The van der Waals surface area contributed by atoms with Gasteiger partial charge in [0.2, 0.25) is 0 Å². The highest BCUT2D eigenvalue weighted by atomic mass is 19.4. The van der Waals surface area contributed by atoms with Gasteiger partial charge in [0.15, 0.2) is 0 Å². The van der Waals surface area contributed by atoms with Crippen molar-refractivity contribution < 1.29 is 22.4 Å². The number of aliphatic imine (C=N–C) groups is 1. The lowest BCUT2D eigenvalue weighted by Crippen LogP contribution is -2.54. The average molecular weight is 490 g/mol. The van der Waals surface area contributed by atoms with E-state index in [4.69, 9.17) is 0 Å². The minimum atomic E-state index is -4.48. The van der Waals surface area contributed by atoms with Crippen molar-refractivity contribution in [3.8, 4) is 5.95 Å². The molecule has 0 bridgehead atoms. The van der Waals surface area contributed by atoms with Crippen LogP contribution in [-0.4, -0.2) is 84.2 Å². The number of rotatable bonds is 5. The Bertz CT molecular complexity index is 1160. The summed E-state index contributed by atoms with van der Waals surface area (Å²) in [5.41, 5.74) is -0.574. The SMILES string of the molecule is O=C(c1cnc(-n2cncn2)nc1)N(C1CC1)[C@@H]1CCN(C2=CCC=C(C(F)(F)F)C=N2)C[C@@H]1F. The van der Waals surface area contributed by atoms with Gasteiger partial charge in [-0.05, 0) is 31.8 Å². The molecular weight excluding hydrogens is 468 g/mol. The van der Waals surface area contributed by atoms with Gasteiger partial charge in [0, 0.05) is 31.2 Å². The van der Waals surface area contributed by atoms with Crippen LogP contribution in [0.3, 0.4) is 0 Å². The molecule has 0 radical (unpaired) electrons. The zero-order valence-corrected chi connectivity index (χ0v) is 18.5. The summed E-state index contributed by atoms with van der Waals surface area (Å²) >= 11 is 0. The molecular formula is C22H22F4N8O. The molecule has 2 aliphatic heterocycles. The normalized spacial score (nSPS) is 22.9. The van der Waals surface area contributed by atoms with E-state index in [0.717, 1.165) is 25.1 Å². The number of piperidine rings is 1. The van der Waals surface area contributed by atoms with Crippen LogP contribution >= 0.6 is 0 Å². The zero-order valence-electron chi connectivity index (χ0n) is 18.5. The predicted molar refractivity (Wildman–Crippen MR) is 116 cm³/mol. The van der Waals surface area contributed by atoms with Crippen LogP contribution in [0.25, 0.3) is 5.95 Å². The fourth-order valence-corrected chi connectivity index (χ4v) is 4.30. The van der Waals surface area contributed by atoms with Crippen molar-refractivity contribution in [1.82, 2.24) is 34.5 Å². The Morgan fingerprint density at radius 1 is 1.11 bits per heavy atom. The maximum Gasteiger partial charge on any atom is 0.417 e. The second-order valence-corrected chi connectivity index (χ2v) is 8.59. The summed E-state index contributed by atoms with van der Waals surface area (Å²) in [5, 5.41) is 3.94. The molecule has 2 fully saturated rings. The molecule has 1 saturated heterocycles. The molecule has 1 saturated carbocycles. The lowest BCUT2D eigenvalue weighted by atomic mass is 10.00. The van der Waals surface area contributed by atoms with E-state index in [9.17, 15) is 18.0 Å². The summed E-state index contributed by atoms with van der Waals surface area (Å²) in [7, 11) is 0. The molecule has 1 aliphatic carbocycles. The predicted octanol–water partition coefficient (Wildman–Crippen LogP) is 2.88. The zero-order chi connectivity index (χ0) is 24.6. The van der Waals surface area contributed by atoms with Crippen LogP contribution in [0.2, 0.25) is 0 Å². The fourth-order valence-electron chi connectivity index (χ4n) is 4.30. The monoisotopic (exact) mass is 490 g/mol. The molecule has 35 heavy (non-hydrogen) atoms. The van der Waals surface area contributed by atoms with E-state index < -0.39 is 24.0 Å². The van der Waals surface area contributed by atoms with Gasteiger partial charge in [0.1, 0.15) is 24.6 Å². The largest absolute Gasteiger partial charge is 0.417 e. The smallest absolute Gasteiger partial charge is 0.354 e. The van der Waals surface area contributed by atoms with Gasteiger partial charge in [0.05, 0.1) is 23.7 Å². The minimum absolute atomic E-state index is 0.0539. The summed E-state index contributed by atoms with van der Waals surface area (Å²) in [6, 6.07) is -0.707. The Morgan fingerprint density at radius 3 is 2.51 bits per heavy atom. The van der Waals surface area contributed by atoms with Crippen molar-refractivity contribution >= 4 is 12.1 Å². The Morgan fingerprint density at radius 2 is 1.89 bits per heavy atom. The minimum Gasteiger partial charge on any atom is -0.354 e. The van der Waals surface area contributed by atoms with Crippen molar-refractivity contribution in [2.24, 2.45) is 4.99 Å². The highest BCUT2D eigenvalue weighted by molar-refractivity contribution is 5.94. The van der Waals surface area contributed by atoms with E-state index in [0.29, 0.717) is 18.8 Å². The van der Waals surface area contributed by atoms with Gasteiger partial charge >= 0.3 is 6.18 Å². The first-order valence-electron chi connectivity index (χ1n) is 11.2. The van der Waals surface area contributed by atoms with Crippen molar-refractivity contribution in [1.29, 1.82) is 0 Å². The van der Waals surface area contributed by atoms with Crippen LogP contribution in [0.15, 0.2) is 53.6 Å². The standard InChI is InChI=1S/C22H22F4N8O/c23-17-11-32(19-3-1-2-15(10-28-19)22(24,25)26)7-6-18(17)34(16-4-5-16)20(35)14-8-29-21(30-9-14)33-13-27-12-31-33/h2-3,8-10,12-13,16-18H,1,4-7,11H2/t17-,18+/m0/s1. The molecule has 13 heteroatoms. The number of amides is 1. The van der Waals surface area contributed by atoms with Crippen LogP contribution in [0.5, 0.6) is 0 Å². The molecule has 0 unspecified atom stereocenters. The van der Waals surface area contributed by atoms with Crippen molar-refractivity contribution in [2.45, 2.75) is 50.1 Å². The van der Waals surface area contributed by atoms with Crippen LogP contribution < -0.4 is 0 Å². The van der Waals surface area contributed by atoms with E-state index in [2.05, 4.69) is 25.0 Å². The molecule has 1 amide bonds. The van der Waals surface area contributed by atoms with Gasteiger partial charge < -0.3 is 9.80 Å². The Balaban J connectivity index is 1.27. The summed E-state index contributed by atoms with van der Waals surface area (Å²) in [6.45, 7) is 0.307. The van der Waals surface area contributed by atoms with E-state index in [1.165, 1.54) is 29.7 Å². The molecule has 2 aromatic heterocycles. The van der Waals surface area contributed by atoms with Gasteiger partial charge in [-0.25, -0.2) is 24.3 Å². The molecule has 0 N–H and O–H groups in total. The molecule has 3 aliphatic rings. The number of allylic oxidation sites excluding steroid dienone is 3. The van der Waals surface area contributed by atoms with E-state index in [1.54, 1.807) is 15.9 Å². The summed E-state index contributed by atoms with van der Waals surface area (Å²) < 4.78 is 55.7. The summed E-state index contributed by atoms with van der Waals surface area (Å²) in [4.78, 5) is 32.7. The van der Waals surface area contributed by atoms with Crippen LogP contribution in [-0.2, 0) is 0 Å². The highest BCUT2D eigenvalue weighted by Crippen LogP contribution is 2.35. The molecule has 2 atom stereocenters. The van der Waals surface area contributed by atoms with Crippen molar-refractivity contribution in [3.05, 3.63) is 54.2 Å². The number of alkyl halides is 4. The number of nitrogens with zero attached hydrogens (tertiary/aromatic N) is 8. The number of likely N-dealkylation sites (tertiary alicyclic amines) is 1. The van der Waals surface area contributed by atoms with Gasteiger partial charge in [-0.1, -0.05) is 6.08 Å². The fraction of sp³-hybridized carbons (Fsp3) is 0.455. The maximum absolute atomic E-state index is 15.4. The molecule has 0 aromatic carbocycles. The third-order valence-electron chi connectivity index (χ3n) is 6.17. The number of halogens is 4. The number of carbonyl (C=O) groups excluding carboxylic acids is 1. The van der Waals surface area contributed by atoms with Crippen molar-refractivity contribution in [3.63, 3.8) is 0 Å². The number of carbonyl (C=O) groups is 1. The molecule has 5 rings (SSSR count). The average Bonchev–Trinajstić information content (AvgIpc) is 3.58. The Hall–Kier alpha value is -3.64. The first-order chi connectivity index (χ1) is 16.8. The number of aromatic nitrogens is 5. The first kappa shape index (κ1) is 23.1. The van der Waals surface area contributed by atoms with Crippen LogP contribution in [0, 0.1) is 0 Å². The first-order valence-corrected chi connectivity index (χ1v) is 11.2.